The Balaban J connectivity index is 1.90. The number of hydrogen-bond acceptors (Lipinski definition) is 5. The van der Waals surface area contributed by atoms with E-state index in [0.717, 1.165) is 6.54 Å². The molecular weight excluding hydrogens is 202 g/mol. The Kier molecular flexibility index (Phi) is 3.66. The second-order valence-corrected chi connectivity index (χ2v) is 4.54. The lowest BCUT2D eigenvalue weighted by Gasteiger charge is -2.35. The Morgan fingerprint density at radius 3 is 3.00 bits per heavy atom. The van der Waals surface area contributed by atoms with Crippen molar-refractivity contribution in [1.82, 2.24) is 20.1 Å². The molecule has 0 saturated carbocycles. The summed E-state index contributed by atoms with van der Waals surface area (Å²) in [5, 5.41) is 11.1. The van der Waals surface area contributed by atoms with Crippen molar-refractivity contribution in [2.45, 2.75) is 38.8 Å². The molecule has 1 aliphatic rings. The van der Waals surface area contributed by atoms with Crippen LogP contribution < -0.4 is 5.32 Å². The van der Waals surface area contributed by atoms with Gasteiger partial charge in [0.1, 0.15) is 0 Å². The van der Waals surface area contributed by atoms with Crippen molar-refractivity contribution >= 4 is 5.95 Å². The van der Waals surface area contributed by atoms with E-state index >= 15 is 0 Å². The fourth-order valence-corrected chi connectivity index (χ4v) is 2.09. The van der Waals surface area contributed by atoms with Crippen LogP contribution in [0.2, 0.25) is 0 Å². The molecule has 1 N–H and O–H groups in total. The third kappa shape index (κ3) is 2.88. The quantitative estimate of drug-likeness (QED) is 0.830. The molecule has 1 saturated heterocycles. The summed E-state index contributed by atoms with van der Waals surface area (Å²) in [6.45, 7) is 6.74. The van der Waals surface area contributed by atoms with Gasteiger partial charge in [-0.3, -0.25) is 4.90 Å². The molecule has 0 amide bonds. The van der Waals surface area contributed by atoms with Crippen molar-refractivity contribution in [3.8, 4) is 0 Å². The zero-order valence-corrected chi connectivity index (χ0v) is 9.93. The van der Waals surface area contributed by atoms with Crippen LogP contribution in [-0.4, -0.2) is 45.3 Å². The Hall–Kier alpha value is -1.23. The summed E-state index contributed by atoms with van der Waals surface area (Å²) in [6, 6.07) is 1.06. The van der Waals surface area contributed by atoms with Crippen LogP contribution in [0.25, 0.3) is 0 Å². The number of piperidine rings is 1. The first kappa shape index (κ1) is 11.3. The molecule has 16 heavy (non-hydrogen) atoms. The van der Waals surface area contributed by atoms with Gasteiger partial charge < -0.3 is 5.32 Å². The van der Waals surface area contributed by atoms with E-state index in [0.29, 0.717) is 18.0 Å². The van der Waals surface area contributed by atoms with E-state index in [4.69, 9.17) is 0 Å². The third-order valence-electron chi connectivity index (χ3n) is 3.00. The van der Waals surface area contributed by atoms with Gasteiger partial charge in [-0.15, -0.1) is 5.10 Å². The summed E-state index contributed by atoms with van der Waals surface area (Å²) in [6.07, 6.45) is 5.67. The predicted molar refractivity (Wildman–Crippen MR) is 63.2 cm³/mol. The molecule has 0 bridgehead atoms. The molecule has 1 fully saturated rings. The monoisotopic (exact) mass is 221 g/mol. The minimum atomic E-state index is 0.445. The highest BCUT2D eigenvalue weighted by molar-refractivity contribution is 5.22. The number of hydrogen-bond donors (Lipinski definition) is 1. The normalized spacial score (nSPS) is 22.3. The van der Waals surface area contributed by atoms with Gasteiger partial charge in [0.25, 0.3) is 0 Å². The van der Waals surface area contributed by atoms with Crippen LogP contribution in [-0.2, 0) is 0 Å². The highest BCUT2D eigenvalue weighted by Crippen LogP contribution is 2.15. The first-order valence-electron chi connectivity index (χ1n) is 5.90. The maximum absolute atomic E-state index is 4.14. The van der Waals surface area contributed by atoms with Crippen molar-refractivity contribution in [2.75, 3.05) is 18.4 Å². The molecule has 5 heteroatoms. The molecule has 1 aromatic heterocycles. The first-order valence-corrected chi connectivity index (χ1v) is 5.90. The van der Waals surface area contributed by atoms with Crippen LogP contribution in [0, 0.1) is 0 Å². The number of nitrogens with one attached hydrogen (secondary N) is 1. The van der Waals surface area contributed by atoms with E-state index in [2.05, 4.69) is 39.2 Å². The van der Waals surface area contributed by atoms with E-state index in [1.807, 2.05) is 0 Å². The van der Waals surface area contributed by atoms with Gasteiger partial charge in [-0.25, -0.2) is 4.98 Å². The second kappa shape index (κ2) is 5.21. The number of likely N-dealkylation sites (tertiary alicyclic amines) is 1. The molecule has 1 unspecified atom stereocenters. The number of anilines is 1. The Bertz CT molecular complexity index is 313. The van der Waals surface area contributed by atoms with Crippen LogP contribution in [0.5, 0.6) is 0 Å². The number of nitrogens with zero attached hydrogens (tertiary/aromatic N) is 4. The van der Waals surface area contributed by atoms with Crippen molar-refractivity contribution in [2.24, 2.45) is 0 Å². The largest absolute Gasteiger partial charge is 0.349 e. The molecular formula is C11H19N5. The lowest BCUT2D eigenvalue weighted by molar-refractivity contribution is 0.174. The van der Waals surface area contributed by atoms with Crippen LogP contribution >= 0.6 is 0 Å². The average Bonchev–Trinajstić information content (AvgIpc) is 2.30. The van der Waals surface area contributed by atoms with Gasteiger partial charge in [0.15, 0.2) is 0 Å². The van der Waals surface area contributed by atoms with E-state index in [1.54, 1.807) is 12.4 Å². The van der Waals surface area contributed by atoms with Crippen LogP contribution in [0.15, 0.2) is 12.4 Å². The summed E-state index contributed by atoms with van der Waals surface area (Å²) in [5.41, 5.74) is 0. The predicted octanol–water partition coefficient (Wildman–Crippen LogP) is 1.16. The molecule has 1 atom stereocenters. The fraction of sp³-hybridized carbons (Fsp3) is 0.727. The third-order valence-corrected chi connectivity index (χ3v) is 3.00. The van der Waals surface area contributed by atoms with Crippen molar-refractivity contribution in [3.05, 3.63) is 12.4 Å². The molecule has 2 rings (SSSR count). The molecule has 0 aliphatic carbocycles. The lowest BCUT2D eigenvalue weighted by Crippen LogP contribution is -2.45. The van der Waals surface area contributed by atoms with E-state index < -0.39 is 0 Å². The van der Waals surface area contributed by atoms with E-state index in [1.165, 1.54) is 19.4 Å². The molecule has 1 aliphatic heterocycles. The summed E-state index contributed by atoms with van der Waals surface area (Å²) in [4.78, 5) is 6.62. The molecule has 0 spiro atoms. The van der Waals surface area contributed by atoms with E-state index in [-0.39, 0.29) is 0 Å². The summed E-state index contributed by atoms with van der Waals surface area (Å²) in [5.74, 6) is 0.637. The van der Waals surface area contributed by atoms with Gasteiger partial charge in [-0.1, -0.05) is 0 Å². The molecule has 5 nitrogen and oxygen atoms in total. The highest BCUT2D eigenvalue weighted by Gasteiger charge is 2.21. The molecule has 88 valence electrons. The molecule has 0 aromatic carbocycles. The Labute approximate surface area is 96.3 Å². The van der Waals surface area contributed by atoms with Gasteiger partial charge in [-0.05, 0) is 33.2 Å². The Morgan fingerprint density at radius 2 is 2.31 bits per heavy atom. The minimum Gasteiger partial charge on any atom is -0.349 e. The maximum atomic E-state index is 4.14. The SMILES string of the molecule is CC(C)N1CCCC(Nc2nccnn2)C1. The second-order valence-electron chi connectivity index (χ2n) is 4.54. The lowest BCUT2D eigenvalue weighted by atomic mass is 10.0. The molecule has 0 radical (unpaired) electrons. The summed E-state index contributed by atoms with van der Waals surface area (Å²) < 4.78 is 0. The van der Waals surface area contributed by atoms with Crippen molar-refractivity contribution in [1.29, 1.82) is 0 Å². The zero-order chi connectivity index (χ0) is 11.4. The van der Waals surface area contributed by atoms with Gasteiger partial charge in [0.2, 0.25) is 5.95 Å². The zero-order valence-electron chi connectivity index (χ0n) is 9.93. The topological polar surface area (TPSA) is 53.9 Å². The molecule has 1 aromatic rings. The maximum Gasteiger partial charge on any atom is 0.242 e. The van der Waals surface area contributed by atoms with Gasteiger partial charge in [-0.2, -0.15) is 5.10 Å². The summed E-state index contributed by atoms with van der Waals surface area (Å²) >= 11 is 0. The number of rotatable bonds is 3. The fourth-order valence-electron chi connectivity index (χ4n) is 2.09. The van der Waals surface area contributed by atoms with Gasteiger partial charge >= 0.3 is 0 Å². The first-order chi connectivity index (χ1) is 7.75. The van der Waals surface area contributed by atoms with Gasteiger partial charge in [0, 0.05) is 18.6 Å². The minimum absolute atomic E-state index is 0.445. The van der Waals surface area contributed by atoms with Crippen LogP contribution in [0.1, 0.15) is 26.7 Å². The number of aromatic nitrogens is 3. The van der Waals surface area contributed by atoms with Crippen molar-refractivity contribution in [3.63, 3.8) is 0 Å². The van der Waals surface area contributed by atoms with Gasteiger partial charge in [0.05, 0.1) is 12.4 Å². The van der Waals surface area contributed by atoms with Crippen molar-refractivity contribution < 1.29 is 0 Å². The van der Waals surface area contributed by atoms with Crippen LogP contribution in [0.4, 0.5) is 5.95 Å². The van der Waals surface area contributed by atoms with Crippen LogP contribution in [0.3, 0.4) is 0 Å². The smallest absolute Gasteiger partial charge is 0.242 e. The molecule has 2 heterocycles. The highest BCUT2D eigenvalue weighted by atomic mass is 15.3. The summed E-state index contributed by atoms with van der Waals surface area (Å²) in [7, 11) is 0. The average molecular weight is 221 g/mol. The van der Waals surface area contributed by atoms with E-state index in [9.17, 15) is 0 Å². The Morgan fingerprint density at radius 1 is 1.44 bits per heavy atom. The standard InChI is InChI=1S/C11H19N5/c1-9(2)16-7-3-4-10(8-16)14-11-12-5-6-13-15-11/h5-6,9-10H,3-4,7-8H2,1-2H3,(H,12,14,15).